The van der Waals surface area contributed by atoms with Crippen LogP contribution in [0.25, 0.3) is 0 Å². The number of hydrogen-bond acceptors (Lipinski definition) is 4. The molecule has 7 heteroatoms. The highest BCUT2D eigenvalue weighted by Gasteiger charge is 2.07. The molecule has 14 heavy (non-hydrogen) atoms. The van der Waals surface area contributed by atoms with Crippen LogP contribution in [-0.4, -0.2) is 40.7 Å². The van der Waals surface area contributed by atoms with Gasteiger partial charge >= 0.3 is 6.03 Å². The summed E-state index contributed by atoms with van der Waals surface area (Å²) < 4.78 is 10.8. The van der Waals surface area contributed by atoms with Crippen LogP contribution in [-0.2, 0) is 15.6 Å². The van der Waals surface area contributed by atoms with Gasteiger partial charge in [-0.2, -0.15) is 0 Å². The normalized spacial score (nSPS) is 14.4. The molecule has 0 aliphatic rings. The maximum Gasteiger partial charge on any atom is 0.318 e. The first-order valence-corrected chi connectivity index (χ1v) is 5.77. The maximum absolute atomic E-state index is 10.9. The van der Waals surface area contributed by atoms with Gasteiger partial charge in [-0.25, -0.2) is 4.79 Å². The summed E-state index contributed by atoms with van der Waals surface area (Å²) in [6.45, 7) is 1.79. The van der Waals surface area contributed by atoms with Crippen molar-refractivity contribution in [2.45, 2.75) is 13.0 Å². The summed E-state index contributed by atoms with van der Waals surface area (Å²) >= 11 is 0. The van der Waals surface area contributed by atoms with E-state index in [9.17, 15) is 13.8 Å². The van der Waals surface area contributed by atoms with Crippen molar-refractivity contribution in [3.8, 4) is 0 Å². The van der Waals surface area contributed by atoms with Crippen molar-refractivity contribution in [2.24, 2.45) is 5.73 Å². The van der Waals surface area contributed by atoms with Crippen LogP contribution in [0.1, 0.15) is 6.92 Å². The van der Waals surface area contributed by atoms with E-state index in [1.54, 1.807) is 13.2 Å². The molecule has 0 aliphatic heterocycles. The fourth-order valence-electron chi connectivity index (χ4n) is 0.860. The van der Waals surface area contributed by atoms with E-state index >= 15 is 0 Å². The van der Waals surface area contributed by atoms with Crippen molar-refractivity contribution in [1.29, 1.82) is 0 Å². The van der Waals surface area contributed by atoms with Gasteiger partial charge in [-0.15, -0.1) is 0 Å². The number of nitrogens with two attached hydrogens (primary N) is 1. The zero-order valence-electron chi connectivity index (χ0n) is 8.20. The number of imide groups is 1. The number of hydrogen-bond donors (Lipinski definition) is 3. The number of carbonyl (C=O) groups is 2. The summed E-state index contributed by atoms with van der Waals surface area (Å²) in [5.41, 5.74) is 4.73. The standard InChI is InChI=1S/C7H15N3O3S/c1-5(4-14(2)13)9-3-6(11)10-7(8)12/h5,9H,3-4H2,1-2H3,(H3,8,10,11,12). The van der Waals surface area contributed by atoms with Crippen LogP contribution in [0.2, 0.25) is 0 Å². The molecule has 4 N–H and O–H groups in total. The minimum absolute atomic E-state index is 0.0126. The van der Waals surface area contributed by atoms with Gasteiger partial charge in [0, 0.05) is 28.9 Å². The zero-order chi connectivity index (χ0) is 11.1. The Morgan fingerprint density at radius 2 is 2.07 bits per heavy atom. The maximum atomic E-state index is 10.9. The van der Waals surface area contributed by atoms with Crippen molar-refractivity contribution < 1.29 is 13.8 Å². The highest BCUT2D eigenvalue weighted by molar-refractivity contribution is 7.84. The first-order valence-electron chi connectivity index (χ1n) is 4.04. The van der Waals surface area contributed by atoms with E-state index in [-0.39, 0.29) is 12.6 Å². The van der Waals surface area contributed by atoms with Gasteiger partial charge in [0.25, 0.3) is 0 Å². The van der Waals surface area contributed by atoms with Gasteiger partial charge in [0.15, 0.2) is 0 Å². The highest BCUT2D eigenvalue weighted by Crippen LogP contribution is 1.84. The Morgan fingerprint density at radius 1 is 1.50 bits per heavy atom. The molecule has 0 aromatic rings. The average Bonchev–Trinajstić information content (AvgIpc) is 1.98. The predicted octanol–water partition coefficient (Wildman–Crippen LogP) is -1.46. The molecule has 0 fully saturated rings. The lowest BCUT2D eigenvalue weighted by molar-refractivity contribution is -0.119. The first kappa shape index (κ1) is 13.1. The van der Waals surface area contributed by atoms with Crippen LogP contribution in [0, 0.1) is 0 Å². The second-order valence-corrected chi connectivity index (χ2v) is 4.41. The minimum atomic E-state index is -0.907. The van der Waals surface area contributed by atoms with Gasteiger partial charge in [-0.3, -0.25) is 14.3 Å². The summed E-state index contributed by atoms with van der Waals surface area (Å²) in [7, 11) is -0.907. The van der Waals surface area contributed by atoms with Gasteiger partial charge in [0.2, 0.25) is 5.91 Å². The van der Waals surface area contributed by atoms with E-state index in [4.69, 9.17) is 5.73 Å². The monoisotopic (exact) mass is 221 g/mol. The third-order valence-corrected chi connectivity index (χ3v) is 2.33. The average molecular weight is 221 g/mol. The van der Waals surface area contributed by atoms with Crippen molar-refractivity contribution >= 4 is 22.7 Å². The fourth-order valence-corrected chi connectivity index (χ4v) is 1.68. The fraction of sp³-hybridized carbons (Fsp3) is 0.714. The molecule has 2 atom stereocenters. The van der Waals surface area contributed by atoms with E-state index in [0.717, 1.165) is 0 Å². The Kier molecular flexibility index (Phi) is 6.06. The molecular weight excluding hydrogens is 206 g/mol. The third kappa shape index (κ3) is 7.69. The SMILES string of the molecule is CC(CS(C)=O)NCC(=O)NC(N)=O. The summed E-state index contributed by atoms with van der Waals surface area (Å²) in [6.07, 6.45) is 1.58. The second kappa shape index (κ2) is 6.50. The molecule has 0 aromatic carbocycles. The smallest absolute Gasteiger partial charge is 0.318 e. The minimum Gasteiger partial charge on any atom is -0.351 e. The first-order chi connectivity index (χ1) is 6.41. The van der Waals surface area contributed by atoms with Gasteiger partial charge in [-0.05, 0) is 6.92 Å². The van der Waals surface area contributed by atoms with Crippen molar-refractivity contribution in [2.75, 3.05) is 18.6 Å². The number of nitrogens with one attached hydrogen (secondary N) is 2. The summed E-state index contributed by atoms with van der Waals surface area (Å²) in [5.74, 6) is -0.0321. The molecule has 6 nitrogen and oxygen atoms in total. The lowest BCUT2D eigenvalue weighted by atomic mass is 10.4. The Bertz CT molecular complexity index is 244. The molecular formula is C7H15N3O3S. The molecule has 0 saturated carbocycles. The summed E-state index contributed by atoms with van der Waals surface area (Å²) in [6, 6.07) is -0.914. The van der Waals surface area contributed by atoms with Crippen LogP contribution in [0.5, 0.6) is 0 Å². The van der Waals surface area contributed by atoms with E-state index in [1.165, 1.54) is 0 Å². The molecule has 0 rings (SSSR count). The number of urea groups is 1. The lowest BCUT2D eigenvalue weighted by Gasteiger charge is -2.10. The molecule has 0 radical (unpaired) electrons. The van der Waals surface area contributed by atoms with Crippen LogP contribution >= 0.6 is 0 Å². The van der Waals surface area contributed by atoms with E-state index in [0.29, 0.717) is 5.75 Å². The molecule has 3 amide bonds. The van der Waals surface area contributed by atoms with Crippen LogP contribution < -0.4 is 16.4 Å². The summed E-state index contributed by atoms with van der Waals surface area (Å²) in [4.78, 5) is 21.1. The predicted molar refractivity (Wildman–Crippen MR) is 54.1 cm³/mol. The van der Waals surface area contributed by atoms with Gasteiger partial charge in [-0.1, -0.05) is 0 Å². The van der Waals surface area contributed by atoms with Crippen molar-refractivity contribution in [3.05, 3.63) is 0 Å². The molecule has 0 heterocycles. The Hall–Kier alpha value is -0.950. The number of primary amides is 1. The van der Waals surface area contributed by atoms with Crippen LogP contribution in [0.4, 0.5) is 4.79 Å². The van der Waals surface area contributed by atoms with E-state index in [2.05, 4.69) is 5.32 Å². The van der Waals surface area contributed by atoms with E-state index < -0.39 is 22.7 Å². The Labute approximate surface area is 85.1 Å². The molecule has 0 bridgehead atoms. The highest BCUT2D eigenvalue weighted by atomic mass is 32.2. The molecule has 0 aliphatic carbocycles. The van der Waals surface area contributed by atoms with Gasteiger partial charge in [0.1, 0.15) is 0 Å². The van der Waals surface area contributed by atoms with Gasteiger partial charge in [0.05, 0.1) is 6.54 Å². The molecule has 82 valence electrons. The number of amides is 3. The summed E-state index contributed by atoms with van der Waals surface area (Å²) in [5, 5.41) is 4.72. The topological polar surface area (TPSA) is 101 Å². The second-order valence-electron chi connectivity index (χ2n) is 2.93. The molecule has 0 aromatic heterocycles. The molecule has 0 spiro atoms. The lowest BCUT2D eigenvalue weighted by Crippen LogP contribution is -2.43. The van der Waals surface area contributed by atoms with Crippen molar-refractivity contribution in [1.82, 2.24) is 10.6 Å². The molecule has 2 unspecified atom stereocenters. The largest absolute Gasteiger partial charge is 0.351 e. The number of carbonyl (C=O) groups excluding carboxylic acids is 2. The Morgan fingerprint density at radius 3 is 2.50 bits per heavy atom. The zero-order valence-corrected chi connectivity index (χ0v) is 9.02. The third-order valence-electron chi connectivity index (χ3n) is 1.36. The van der Waals surface area contributed by atoms with E-state index in [1.807, 2.05) is 5.32 Å². The quantitative estimate of drug-likeness (QED) is 0.528. The van der Waals surface area contributed by atoms with Crippen LogP contribution in [0.3, 0.4) is 0 Å². The van der Waals surface area contributed by atoms with Crippen LogP contribution in [0.15, 0.2) is 0 Å². The molecule has 0 saturated heterocycles. The van der Waals surface area contributed by atoms with Gasteiger partial charge < -0.3 is 11.1 Å². The number of rotatable bonds is 5. The Balaban J connectivity index is 3.66. The van der Waals surface area contributed by atoms with Crippen molar-refractivity contribution in [3.63, 3.8) is 0 Å².